The number of carbonyl (C=O) groups excluding carboxylic acids is 6. The number of azide groups is 5. The molecule has 19 atom stereocenters. The molecule has 3 aliphatic heterocycles. The first-order valence-electron chi connectivity index (χ1n) is 20.7. The Hall–Kier alpha value is -6.95. The molecule has 1 aliphatic carbocycles. The first-order chi connectivity index (χ1) is 33.3. The van der Waals surface area contributed by atoms with Crippen molar-refractivity contribution in [3.8, 4) is 0 Å². The smallest absolute Gasteiger partial charge is 0.303 e. The van der Waals surface area contributed by atoms with Crippen LogP contribution in [0.1, 0.15) is 48.0 Å². The second-order valence-electron chi connectivity index (χ2n) is 15.4. The predicted octanol–water partition coefficient (Wildman–Crippen LogP) is 1.32. The third-order valence-corrected chi connectivity index (χ3v) is 10.5. The summed E-state index contributed by atoms with van der Waals surface area (Å²) in [6.07, 6.45) is -27.1. The van der Waals surface area contributed by atoms with Gasteiger partial charge in [-0.05, 0) is 34.1 Å². The Bertz CT molecular complexity index is 2180. The predicted molar refractivity (Wildman–Crippen MR) is 218 cm³/mol. The van der Waals surface area contributed by atoms with Gasteiger partial charge in [0.25, 0.3) is 0 Å². The van der Waals surface area contributed by atoms with Gasteiger partial charge in [0, 0.05) is 66.1 Å². The topological polar surface area (TPSA) is 497 Å². The van der Waals surface area contributed by atoms with Gasteiger partial charge < -0.3 is 67.1 Å². The quantitative estimate of drug-likeness (QED) is 0.0571. The van der Waals surface area contributed by atoms with E-state index in [1.807, 2.05) is 0 Å². The number of hydrogen-bond donors (Lipinski definition) is 2. The van der Waals surface area contributed by atoms with E-state index in [0.717, 1.165) is 41.5 Å². The van der Waals surface area contributed by atoms with E-state index < -0.39 is 178 Å². The Labute approximate surface area is 393 Å². The van der Waals surface area contributed by atoms with E-state index in [1.54, 1.807) is 0 Å². The highest BCUT2D eigenvalue weighted by atomic mass is 16.8. The molecule has 1 saturated carbocycles. The van der Waals surface area contributed by atoms with Crippen molar-refractivity contribution in [3.63, 3.8) is 0 Å². The number of carbonyl (C=O) groups is 6. The number of hydrogen-bond acceptors (Lipinski definition) is 25. The Morgan fingerprint density at radius 3 is 1.46 bits per heavy atom. The number of rotatable bonds is 20. The van der Waals surface area contributed by atoms with E-state index in [2.05, 4.69) is 50.1 Å². The van der Waals surface area contributed by atoms with Crippen LogP contribution in [0.5, 0.6) is 0 Å². The lowest BCUT2D eigenvalue weighted by molar-refractivity contribution is -0.312. The number of nitrogens with zero attached hydrogens (tertiary/aromatic N) is 15. The maximum absolute atomic E-state index is 12.9. The van der Waals surface area contributed by atoms with Crippen molar-refractivity contribution < 1.29 is 95.8 Å². The van der Waals surface area contributed by atoms with Gasteiger partial charge in [0.2, 0.25) is 0 Å². The monoisotopic (exact) mass is 997 g/mol. The van der Waals surface area contributed by atoms with Crippen LogP contribution in [0.2, 0.25) is 0 Å². The largest absolute Gasteiger partial charge is 0.463 e. The fourth-order valence-electron chi connectivity index (χ4n) is 8.03. The molecule has 19 unspecified atom stereocenters. The van der Waals surface area contributed by atoms with Gasteiger partial charge in [0.1, 0.15) is 67.5 Å². The Kier molecular flexibility index (Phi) is 20.8. The molecular formula is C35H47N15O20. The summed E-state index contributed by atoms with van der Waals surface area (Å²) in [7, 11) is 0. The van der Waals surface area contributed by atoms with Gasteiger partial charge >= 0.3 is 35.8 Å². The van der Waals surface area contributed by atoms with Crippen molar-refractivity contribution >= 4 is 35.8 Å². The summed E-state index contributed by atoms with van der Waals surface area (Å²) in [4.78, 5) is 88.6. The van der Waals surface area contributed by atoms with Crippen molar-refractivity contribution in [1.29, 1.82) is 0 Å². The maximum Gasteiger partial charge on any atom is 0.303 e. The molecule has 0 amide bonds. The van der Waals surface area contributed by atoms with Gasteiger partial charge in [-0.1, -0.05) is 25.6 Å². The molecule has 3 saturated heterocycles. The summed E-state index contributed by atoms with van der Waals surface area (Å²) in [5.74, 6) is -5.84. The fourth-order valence-corrected chi connectivity index (χ4v) is 8.03. The molecule has 0 aromatic rings. The van der Waals surface area contributed by atoms with Crippen molar-refractivity contribution in [2.75, 3.05) is 19.8 Å². The van der Waals surface area contributed by atoms with Crippen molar-refractivity contribution in [1.82, 2.24) is 0 Å². The lowest BCUT2D eigenvalue weighted by Gasteiger charge is -2.48. The molecule has 0 aromatic carbocycles. The molecule has 3 heterocycles. The molecular weight excluding hydrogens is 950 g/mol. The van der Waals surface area contributed by atoms with Crippen LogP contribution in [-0.2, 0) is 85.6 Å². The van der Waals surface area contributed by atoms with Gasteiger partial charge in [0.05, 0.1) is 31.3 Å². The number of aliphatic hydroxyl groups excluding tert-OH is 2. The standard InChI is InChI=1S/C35H47N15O20/c1-11(52)59-10-21-28(69-34-23(45-50-40)30(63-15(5)56)27(61-13(3)54)19(65-34)8-41-46-36)32(64-16(6)57)35(67-21)70-31-25(60-12(2)53)17(42-47-37)7-18(43-48-38)26(31)68-33-22(44-49-39)29(62-14(4)55)24(58)20(9-51)66-33/h17-35,51,58H,7-10H2,1-6H3. The minimum atomic E-state index is -2.01. The van der Waals surface area contributed by atoms with Crippen LogP contribution in [0.15, 0.2) is 25.6 Å². The van der Waals surface area contributed by atoms with E-state index >= 15 is 0 Å². The summed E-state index contributed by atoms with van der Waals surface area (Å²) in [6.45, 7) is 3.56. The lowest BCUT2D eigenvalue weighted by Crippen LogP contribution is -2.64. The van der Waals surface area contributed by atoms with E-state index in [0.29, 0.717) is 0 Å². The molecule has 0 bridgehead atoms. The molecule has 4 rings (SSSR count). The van der Waals surface area contributed by atoms with Gasteiger partial charge in [-0.15, -0.1) is 0 Å². The Morgan fingerprint density at radius 2 is 0.943 bits per heavy atom. The highest BCUT2D eigenvalue weighted by molar-refractivity contribution is 5.68. The number of ether oxygens (including phenoxy) is 12. The molecule has 35 heteroatoms. The molecule has 0 radical (unpaired) electrons. The molecule has 4 aliphatic rings. The van der Waals surface area contributed by atoms with Crippen LogP contribution in [0, 0.1) is 0 Å². The van der Waals surface area contributed by atoms with Crippen LogP contribution in [0.25, 0.3) is 52.2 Å². The molecule has 4 fully saturated rings. The lowest BCUT2D eigenvalue weighted by atomic mass is 9.83. The third-order valence-electron chi connectivity index (χ3n) is 10.5. The van der Waals surface area contributed by atoms with Crippen LogP contribution >= 0.6 is 0 Å². The first kappa shape index (κ1) is 55.6. The van der Waals surface area contributed by atoms with Gasteiger partial charge in [-0.3, -0.25) is 28.8 Å². The van der Waals surface area contributed by atoms with E-state index in [1.165, 1.54) is 0 Å². The fraction of sp³-hybridized carbons (Fsp3) is 0.829. The summed E-state index contributed by atoms with van der Waals surface area (Å²) in [5.41, 5.74) is 47.7. The normalized spacial score (nSPS) is 35.5. The minimum Gasteiger partial charge on any atom is -0.463 e. The van der Waals surface area contributed by atoms with Gasteiger partial charge in [-0.25, -0.2) is 0 Å². The zero-order valence-electron chi connectivity index (χ0n) is 37.7. The molecule has 35 nitrogen and oxygen atoms in total. The molecule has 0 spiro atoms. The zero-order valence-corrected chi connectivity index (χ0v) is 37.7. The van der Waals surface area contributed by atoms with E-state index in [-0.39, 0.29) is 0 Å². The highest BCUT2D eigenvalue weighted by Gasteiger charge is 2.59. The first-order valence-corrected chi connectivity index (χ1v) is 20.7. The highest BCUT2D eigenvalue weighted by Crippen LogP contribution is 2.40. The molecule has 382 valence electrons. The molecule has 2 N–H and O–H groups in total. The SMILES string of the molecule is CC(=O)OCC1OC(OC2C(OC(C)=O)C(N=[N+]=[N-])CC(N=[N+]=[N-])C2OC2OC(CO)C(O)C(OC(C)=O)C2N=[N+]=[N-])C(OC(C)=O)C1OC1OC(CN=[N+]=[N-])C(OC(C)=O)C(OC(C)=O)C1N=[N+]=[N-]. The Balaban J connectivity index is 1.92. The van der Waals surface area contributed by atoms with Crippen LogP contribution in [-0.4, -0.2) is 182 Å². The van der Waals surface area contributed by atoms with Crippen molar-refractivity contribution in [2.45, 2.75) is 164 Å². The zero-order chi connectivity index (χ0) is 51.8. The van der Waals surface area contributed by atoms with Crippen LogP contribution in [0.4, 0.5) is 0 Å². The summed E-state index contributed by atoms with van der Waals surface area (Å²) < 4.78 is 69.6. The average molecular weight is 998 g/mol. The van der Waals surface area contributed by atoms with E-state index in [9.17, 15) is 61.1 Å². The number of esters is 6. The molecule has 0 aromatic heterocycles. The second-order valence-corrected chi connectivity index (χ2v) is 15.4. The third kappa shape index (κ3) is 14.3. The Morgan fingerprint density at radius 1 is 0.500 bits per heavy atom. The van der Waals surface area contributed by atoms with Crippen molar-refractivity contribution in [2.24, 2.45) is 25.6 Å². The summed E-state index contributed by atoms with van der Waals surface area (Å²) in [6, 6.07) is -6.55. The molecule has 70 heavy (non-hydrogen) atoms. The number of aliphatic hydroxyl groups is 2. The van der Waals surface area contributed by atoms with E-state index in [4.69, 9.17) is 62.4 Å². The average Bonchev–Trinajstić information content (AvgIpc) is 3.58. The maximum atomic E-state index is 12.9. The van der Waals surface area contributed by atoms with Gasteiger partial charge in [0.15, 0.2) is 37.2 Å². The van der Waals surface area contributed by atoms with Gasteiger partial charge in [-0.2, -0.15) is 0 Å². The van der Waals surface area contributed by atoms with Crippen LogP contribution < -0.4 is 0 Å². The van der Waals surface area contributed by atoms with Crippen molar-refractivity contribution in [3.05, 3.63) is 52.2 Å². The van der Waals surface area contributed by atoms with Crippen LogP contribution in [0.3, 0.4) is 0 Å². The minimum absolute atomic E-state index is 0.469. The second kappa shape index (κ2) is 26.1. The summed E-state index contributed by atoms with van der Waals surface area (Å²) in [5, 5.41) is 39.3. The summed E-state index contributed by atoms with van der Waals surface area (Å²) >= 11 is 0.